The smallest absolute Gasteiger partial charge is 0.202 e. The van der Waals surface area contributed by atoms with Gasteiger partial charge in [-0.15, -0.1) is 0 Å². The topological polar surface area (TPSA) is 106 Å². The molecule has 4 N–H and O–H groups in total. The van der Waals surface area contributed by atoms with Crippen molar-refractivity contribution in [2.24, 2.45) is 9.98 Å². The molecule has 0 saturated heterocycles. The molecule has 186 valence electrons. The van der Waals surface area contributed by atoms with Gasteiger partial charge in [0.2, 0.25) is 5.66 Å². The fourth-order valence-corrected chi connectivity index (χ4v) is 6.18. The highest BCUT2D eigenvalue weighted by Crippen LogP contribution is 2.56. The number of aromatic hydroxyl groups is 4. The third-order valence-corrected chi connectivity index (χ3v) is 7.59. The molecule has 0 atom stereocenters. The maximum absolute atomic E-state index is 10.4. The van der Waals surface area contributed by atoms with Gasteiger partial charge in [0.15, 0.2) is 23.0 Å². The SMILES string of the molecule is Cc1cc(Br)c2c(c1)C(/N=C/c1cccc(O)c1O)(/N=C/c1cccc(O)c1O)c1cc(C)cc(Br)c1-2. The minimum atomic E-state index is -1.30. The molecule has 0 radical (unpaired) electrons. The molecule has 0 amide bonds. The number of aliphatic imine (C=N–C) groups is 2. The molecule has 4 aromatic carbocycles. The molecule has 0 unspecified atom stereocenters. The van der Waals surface area contributed by atoms with Gasteiger partial charge in [0, 0.05) is 54.8 Å². The standard InChI is InChI=1S/C29H22Br2N2O4/c1-15-9-19-25(21(30)11-15)26-20(10-16(2)12-22(26)31)29(19,32-13-17-5-3-7-23(34)27(17)36)33-14-18-6-4-8-24(35)28(18)37/h3-14,34-37H,1-2H3/b32-13+,33-14+. The minimum Gasteiger partial charge on any atom is -0.504 e. The first-order valence-electron chi connectivity index (χ1n) is 11.4. The van der Waals surface area contributed by atoms with Crippen molar-refractivity contribution < 1.29 is 20.4 Å². The quantitative estimate of drug-likeness (QED) is 0.144. The van der Waals surface area contributed by atoms with E-state index >= 15 is 0 Å². The van der Waals surface area contributed by atoms with Crippen LogP contribution < -0.4 is 0 Å². The second kappa shape index (κ2) is 9.36. The van der Waals surface area contributed by atoms with Gasteiger partial charge in [-0.05, 0) is 61.4 Å². The van der Waals surface area contributed by atoms with Crippen molar-refractivity contribution in [2.45, 2.75) is 19.5 Å². The van der Waals surface area contributed by atoms with Gasteiger partial charge < -0.3 is 20.4 Å². The van der Waals surface area contributed by atoms with E-state index in [0.29, 0.717) is 11.1 Å². The predicted octanol–water partition coefficient (Wildman–Crippen LogP) is 7.07. The monoisotopic (exact) mass is 620 g/mol. The number of para-hydroxylation sites is 2. The summed E-state index contributed by atoms with van der Waals surface area (Å²) in [5.74, 6) is -1.08. The summed E-state index contributed by atoms with van der Waals surface area (Å²) < 4.78 is 1.75. The van der Waals surface area contributed by atoms with Crippen LogP contribution in [0.25, 0.3) is 11.1 Å². The molecule has 0 bridgehead atoms. The van der Waals surface area contributed by atoms with Gasteiger partial charge in [-0.2, -0.15) is 0 Å². The van der Waals surface area contributed by atoms with Crippen molar-refractivity contribution in [3.8, 4) is 34.1 Å². The van der Waals surface area contributed by atoms with Crippen molar-refractivity contribution in [1.82, 2.24) is 0 Å². The van der Waals surface area contributed by atoms with Crippen LogP contribution in [0.3, 0.4) is 0 Å². The molecule has 0 spiro atoms. The van der Waals surface area contributed by atoms with Crippen molar-refractivity contribution in [3.63, 3.8) is 0 Å². The molecule has 5 rings (SSSR count). The molecule has 8 heteroatoms. The van der Waals surface area contributed by atoms with Gasteiger partial charge in [0.25, 0.3) is 0 Å². The molecule has 6 nitrogen and oxygen atoms in total. The van der Waals surface area contributed by atoms with E-state index in [0.717, 1.165) is 42.3 Å². The van der Waals surface area contributed by atoms with Crippen LogP contribution in [0.15, 0.2) is 79.6 Å². The van der Waals surface area contributed by atoms with Crippen LogP contribution in [0.5, 0.6) is 23.0 Å². The molecule has 1 aliphatic carbocycles. The van der Waals surface area contributed by atoms with Gasteiger partial charge in [0.05, 0.1) is 0 Å². The number of rotatable bonds is 4. The van der Waals surface area contributed by atoms with Crippen LogP contribution in [0.2, 0.25) is 0 Å². The second-order valence-corrected chi connectivity index (χ2v) is 10.7. The Bertz CT molecular complexity index is 1510. The van der Waals surface area contributed by atoms with Crippen LogP contribution in [0.4, 0.5) is 0 Å². The van der Waals surface area contributed by atoms with E-state index in [2.05, 4.69) is 31.9 Å². The summed E-state index contributed by atoms with van der Waals surface area (Å²) in [6.07, 6.45) is 2.97. The lowest BCUT2D eigenvalue weighted by Gasteiger charge is -2.24. The first-order valence-corrected chi connectivity index (χ1v) is 12.9. The molecule has 0 aromatic heterocycles. The zero-order valence-electron chi connectivity index (χ0n) is 19.9. The summed E-state index contributed by atoms with van der Waals surface area (Å²) in [7, 11) is 0. The average molecular weight is 622 g/mol. The maximum Gasteiger partial charge on any atom is 0.202 e. The first-order chi connectivity index (χ1) is 17.6. The number of benzene rings is 4. The number of halogens is 2. The van der Waals surface area contributed by atoms with Gasteiger partial charge in [-0.1, -0.05) is 56.1 Å². The number of phenolic OH excluding ortho intramolecular Hbond substituents is 4. The summed E-state index contributed by atoms with van der Waals surface area (Å²) >= 11 is 7.47. The van der Waals surface area contributed by atoms with E-state index in [-0.39, 0.29) is 23.0 Å². The second-order valence-electron chi connectivity index (χ2n) is 8.96. The molecule has 37 heavy (non-hydrogen) atoms. The maximum atomic E-state index is 10.4. The van der Waals surface area contributed by atoms with E-state index in [1.165, 1.54) is 24.6 Å². The van der Waals surface area contributed by atoms with Crippen molar-refractivity contribution in [3.05, 3.63) is 103 Å². The fraction of sp³-hybridized carbons (Fsp3) is 0.103. The van der Waals surface area contributed by atoms with E-state index in [4.69, 9.17) is 9.98 Å². The van der Waals surface area contributed by atoms with Crippen LogP contribution in [-0.4, -0.2) is 32.9 Å². The molecular weight excluding hydrogens is 600 g/mol. The summed E-state index contributed by atoms with van der Waals surface area (Å²) in [5, 5.41) is 40.9. The Morgan fingerprint density at radius 3 is 1.46 bits per heavy atom. The van der Waals surface area contributed by atoms with Crippen molar-refractivity contribution in [1.29, 1.82) is 0 Å². The number of phenols is 4. The van der Waals surface area contributed by atoms with Gasteiger partial charge in [-0.25, -0.2) is 0 Å². The predicted molar refractivity (Wildman–Crippen MR) is 152 cm³/mol. The summed E-state index contributed by atoms with van der Waals surface area (Å²) in [4.78, 5) is 9.92. The first kappa shape index (κ1) is 25.0. The molecule has 0 heterocycles. The Kier molecular flexibility index (Phi) is 6.33. The Hall–Kier alpha value is -3.62. The Labute approximate surface area is 230 Å². The molecule has 4 aromatic rings. The van der Waals surface area contributed by atoms with Crippen molar-refractivity contribution >= 4 is 44.3 Å². The third-order valence-electron chi connectivity index (χ3n) is 6.34. The molecule has 1 aliphatic rings. The lowest BCUT2D eigenvalue weighted by Crippen LogP contribution is -2.21. The highest BCUT2D eigenvalue weighted by Gasteiger charge is 2.45. The summed E-state index contributed by atoms with van der Waals surface area (Å²) in [5.41, 5.74) is 4.75. The zero-order valence-corrected chi connectivity index (χ0v) is 23.0. The van der Waals surface area contributed by atoms with Crippen molar-refractivity contribution in [2.75, 3.05) is 0 Å². The van der Waals surface area contributed by atoms with E-state index in [1.807, 2.05) is 38.1 Å². The van der Waals surface area contributed by atoms with E-state index in [1.54, 1.807) is 24.3 Å². The van der Waals surface area contributed by atoms with Crippen LogP contribution in [0, 0.1) is 13.8 Å². The Morgan fingerprint density at radius 2 is 1.05 bits per heavy atom. The highest BCUT2D eigenvalue weighted by molar-refractivity contribution is 9.11. The van der Waals surface area contributed by atoms with Crippen LogP contribution >= 0.6 is 31.9 Å². The summed E-state index contributed by atoms with van der Waals surface area (Å²) in [6.45, 7) is 3.96. The largest absolute Gasteiger partial charge is 0.504 e. The van der Waals surface area contributed by atoms with E-state index < -0.39 is 5.66 Å². The van der Waals surface area contributed by atoms with Crippen LogP contribution in [-0.2, 0) is 5.66 Å². The minimum absolute atomic E-state index is 0.254. The zero-order chi connectivity index (χ0) is 26.5. The molecular formula is C29H22Br2N2O4. The van der Waals surface area contributed by atoms with Gasteiger partial charge in [0.1, 0.15) is 0 Å². The lowest BCUT2D eigenvalue weighted by atomic mass is 9.95. The molecule has 0 fully saturated rings. The molecule has 0 aliphatic heterocycles. The average Bonchev–Trinajstić information content (AvgIpc) is 3.11. The fourth-order valence-electron chi connectivity index (χ4n) is 4.63. The van der Waals surface area contributed by atoms with Gasteiger partial charge >= 0.3 is 0 Å². The number of hydrogen-bond acceptors (Lipinski definition) is 6. The third kappa shape index (κ3) is 4.20. The van der Waals surface area contributed by atoms with Gasteiger partial charge in [-0.3, -0.25) is 9.98 Å². The van der Waals surface area contributed by atoms with E-state index in [9.17, 15) is 20.4 Å². The molecule has 0 saturated carbocycles. The summed E-state index contributed by atoms with van der Waals surface area (Å²) in [6, 6.07) is 17.4. The number of hydrogen-bond donors (Lipinski definition) is 4. The highest BCUT2D eigenvalue weighted by atomic mass is 79.9. The number of fused-ring (bicyclic) bond motifs is 3. The van der Waals surface area contributed by atoms with Crippen LogP contribution in [0.1, 0.15) is 33.4 Å². The lowest BCUT2D eigenvalue weighted by molar-refractivity contribution is 0.403. The number of nitrogens with zero attached hydrogens (tertiary/aromatic N) is 2. The number of aryl methyl sites for hydroxylation is 2. The normalized spacial score (nSPS) is 13.8. The Morgan fingerprint density at radius 1 is 0.649 bits per heavy atom. The Balaban J connectivity index is 1.85.